The molecule has 0 radical (unpaired) electrons. The average molecular weight is 429 g/mol. The highest BCUT2D eigenvalue weighted by atomic mass is 16.5. The summed E-state index contributed by atoms with van der Waals surface area (Å²) in [5.74, 6) is 1.35. The number of nitrogens with zero attached hydrogens (tertiary/aromatic N) is 5. The van der Waals surface area contributed by atoms with Gasteiger partial charge in [0.05, 0.1) is 12.3 Å². The summed E-state index contributed by atoms with van der Waals surface area (Å²) in [5, 5.41) is 0. The number of benzene rings is 2. The fourth-order valence-corrected chi connectivity index (χ4v) is 4.26. The quantitative estimate of drug-likeness (QED) is 0.440. The molecule has 0 spiro atoms. The minimum absolute atomic E-state index is 0.357. The highest BCUT2D eigenvalue weighted by Gasteiger charge is 2.24. The van der Waals surface area contributed by atoms with Gasteiger partial charge in [0.1, 0.15) is 5.75 Å². The molecular weight excluding hydrogens is 406 g/mol. The molecule has 0 aliphatic carbocycles. The number of aromatic nitrogens is 5. The van der Waals surface area contributed by atoms with Crippen LogP contribution < -0.4 is 16.0 Å². The van der Waals surface area contributed by atoms with Gasteiger partial charge in [-0.2, -0.15) is 4.98 Å². The van der Waals surface area contributed by atoms with Crippen molar-refractivity contribution >= 4 is 16.9 Å². The lowest BCUT2D eigenvalue weighted by Gasteiger charge is -2.11. The molecule has 5 aromatic rings. The molecule has 0 N–H and O–H groups in total. The van der Waals surface area contributed by atoms with E-state index in [1.165, 1.54) is 11.6 Å². The van der Waals surface area contributed by atoms with E-state index in [0.717, 1.165) is 33.0 Å². The summed E-state index contributed by atoms with van der Waals surface area (Å²) in [4.78, 5) is 30.4. The van der Waals surface area contributed by atoms with Gasteiger partial charge in [0.2, 0.25) is 5.78 Å². The summed E-state index contributed by atoms with van der Waals surface area (Å²) >= 11 is 0. The van der Waals surface area contributed by atoms with Crippen molar-refractivity contribution in [1.82, 2.24) is 23.1 Å². The van der Waals surface area contributed by atoms with Crippen molar-refractivity contribution in [3.05, 3.63) is 81.1 Å². The van der Waals surface area contributed by atoms with Crippen LogP contribution in [0.15, 0.2) is 64.2 Å². The zero-order valence-electron chi connectivity index (χ0n) is 18.4. The molecule has 0 saturated carbocycles. The molecule has 0 unspecified atom stereocenters. The summed E-state index contributed by atoms with van der Waals surface area (Å²) in [6.07, 6.45) is 0. The number of imidazole rings is 2. The lowest BCUT2D eigenvalue weighted by molar-refractivity contribution is 0.340. The molecule has 3 aromatic heterocycles. The van der Waals surface area contributed by atoms with Crippen LogP contribution in [0, 0.1) is 6.92 Å². The van der Waals surface area contributed by atoms with Crippen LogP contribution in [-0.4, -0.2) is 29.7 Å². The molecule has 2 aromatic carbocycles. The summed E-state index contributed by atoms with van der Waals surface area (Å²) in [6, 6.07) is 17.7. The first-order valence-electron chi connectivity index (χ1n) is 10.4. The molecule has 8 nitrogen and oxygen atoms in total. The summed E-state index contributed by atoms with van der Waals surface area (Å²) in [5.41, 5.74) is 3.62. The lowest BCUT2D eigenvalue weighted by Crippen LogP contribution is -2.37. The third kappa shape index (κ3) is 2.72. The van der Waals surface area contributed by atoms with E-state index in [2.05, 4.69) is 0 Å². The second kappa shape index (κ2) is 7.26. The van der Waals surface area contributed by atoms with Gasteiger partial charge in [0.15, 0.2) is 11.2 Å². The van der Waals surface area contributed by atoms with Crippen LogP contribution in [0.1, 0.15) is 12.6 Å². The van der Waals surface area contributed by atoms with E-state index in [9.17, 15) is 9.59 Å². The van der Waals surface area contributed by atoms with Crippen molar-refractivity contribution < 1.29 is 4.74 Å². The molecule has 0 aliphatic heterocycles. The summed E-state index contributed by atoms with van der Waals surface area (Å²) < 4.78 is 12.0. The molecule has 5 rings (SSSR count). The van der Waals surface area contributed by atoms with Gasteiger partial charge < -0.3 is 4.74 Å². The predicted octanol–water partition coefficient (Wildman–Crippen LogP) is 3.05. The minimum Gasteiger partial charge on any atom is -0.494 e. The van der Waals surface area contributed by atoms with Crippen LogP contribution in [0.25, 0.3) is 33.9 Å². The highest BCUT2D eigenvalue weighted by molar-refractivity contribution is 5.81. The molecule has 32 heavy (non-hydrogen) atoms. The largest absolute Gasteiger partial charge is 0.494 e. The maximum Gasteiger partial charge on any atom is 0.332 e. The van der Waals surface area contributed by atoms with Crippen molar-refractivity contribution in [3.8, 4) is 22.7 Å². The van der Waals surface area contributed by atoms with E-state index in [-0.39, 0.29) is 5.56 Å². The Labute approximate surface area is 183 Å². The van der Waals surface area contributed by atoms with E-state index in [0.29, 0.717) is 23.5 Å². The van der Waals surface area contributed by atoms with Gasteiger partial charge in [-0.3, -0.25) is 22.9 Å². The fourth-order valence-electron chi connectivity index (χ4n) is 4.26. The molecule has 162 valence electrons. The van der Waals surface area contributed by atoms with Crippen molar-refractivity contribution in [2.45, 2.75) is 13.8 Å². The normalized spacial score (nSPS) is 11.5. The molecule has 0 amide bonds. The Morgan fingerprint density at radius 1 is 0.938 bits per heavy atom. The third-order valence-corrected chi connectivity index (χ3v) is 5.79. The molecule has 0 fully saturated rings. The molecule has 3 heterocycles. The smallest absolute Gasteiger partial charge is 0.332 e. The molecule has 0 bridgehead atoms. The standard InChI is InChI=1S/C24H23N5O3/c1-5-32-18-13-11-17(12-14-18)29-19(16-9-7-6-8-10-16)15(2)28-20-21(25-23(28)29)26(3)24(31)27(4)22(20)30/h6-14H,5H2,1-4H3. The summed E-state index contributed by atoms with van der Waals surface area (Å²) in [6.45, 7) is 4.50. The first kappa shape index (κ1) is 19.9. The van der Waals surface area contributed by atoms with E-state index in [1.807, 2.05) is 77.4 Å². The first-order chi connectivity index (χ1) is 15.4. The first-order valence-corrected chi connectivity index (χ1v) is 10.4. The number of fused-ring (bicyclic) bond motifs is 3. The van der Waals surface area contributed by atoms with Crippen molar-refractivity contribution in [1.29, 1.82) is 0 Å². The van der Waals surface area contributed by atoms with Gasteiger partial charge in [0.25, 0.3) is 5.56 Å². The van der Waals surface area contributed by atoms with Crippen molar-refractivity contribution in [3.63, 3.8) is 0 Å². The molecule has 0 aliphatic rings. The molecular formula is C24H23N5O3. The van der Waals surface area contributed by atoms with Crippen LogP contribution in [-0.2, 0) is 14.1 Å². The topological polar surface area (TPSA) is 75.5 Å². The highest BCUT2D eigenvalue weighted by Crippen LogP contribution is 2.32. The number of aryl methyl sites for hydroxylation is 2. The summed E-state index contributed by atoms with van der Waals surface area (Å²) in [7, 11) is 3.12. The minimum atomic E-state index is -0.406. The monoisotopic (exact) mass is 429 g/mol. The van der Waals surface area contributed by atoms with Gasteiger partial charge in [0, 0.05) is 31.0 Å². The molecule has 0 atom stereocenters. The number of ether oxygens (including phenoxy) is 1. The van der Waals surface area contributed by atoms with Crippen LogP contribution in [0.5, 0.6) is 5.75 Å². The van der Waals surface area contributed by atoms with Crippen LogP contribution >= 0.6 is 0 Å². The van der Waals surface area contributed by atoms with Crippen molar-refractivity contribution in [2.75, 3.05) is 6.61 Å². The van der Waals surface area contributed by atoms with E-state index in [1.54, 1.807) is 7.05 Å². The zero-order chi connectivity index (χ0) is 22.6. The Balaban J connectivity index is 1.94. The Kier molecular flexibility index (Phi) is 4.51. The Bertz CT molecular complexity index is 1590. The average Bonchev–Trinajstić information content (AvgIpc) is 3.33. The SMILES string of the molecule is CCOc1ccc(-n2c(-c3ccccc3)c(C)n3c4c(=O)n(C)c(=O)n(C)c4nc23)cc1. The molecule has 8 heteroatoms. The van der Waals surface area contributed by atoms with Gasteiger partial charge in [-0.1, -0.05) is 30.3 Å². The number of hydrogen-bond acceptors (Lipinski definition) is 4. The van der Waals surface area contributed by atoms with Gasteiger partial charge in [-0.25, -0.2) is 4.79 Å². The Morgan fingerprint density at radius 3 is 2.28 bits per heavy atom. The Morgan fingerprint density at radius 2 is 1.62 bits per heavy atom. The van der Waals surface area contributed by atoms with E-state index in [4.69, 9.17) is 9.72 Å². The van der Waals surface area contributed by atoms with Gasteiger partial charge in [-0.15, -0.1) is 0 Å². The fraction of sp³-hybridized carbons (Fsp3) is 0.208. The van der Waals surface area contributed by atoms with E-state index < -0.39 is 5.69 Å². The second-order valence-electron chi connectivity index (χ2n) is 7.69. The third-order valence-electron chi connectivity index (χ3n) is 5.79. The van der Waals surface area contributed by atoms with Crippen molar-refractivity contribution in [2.24, 2.45) is 14.1 Å². The van der Waals surface area contributed by atoms with Crippen LogP contribution in [0.4, 0.5) is 0 Å². The second-order valence-corrected chi connectivity index (χ2v) is 7.69. The predicted molar refractivity (Wildman–Crippen MR) is 124 cm³/mol. The van der Waals surface area contributed by atoms with Gasteiger partial charge >= 0.3 is 5.69 Å². The number of rotatable bonds is 4. The lowest BCUT2D eigenvalue weighted by atomic mass is 10.1. The van der Waals surface area contributed by atoms with Crippen LogP contribution in [0.2, 0.25) is 0 Å². The zero-order valence-corrected chi connectivity index (χ0v) is 18.4. The van der Waals surface area contributed by atoms with E-state index >= 15 is 0 Å². The Hall–Kier alpha value is -4.07. The maximum atomic E-state index is 13.1. The number of hydrogen-bond donors (Lipinski definition) is 0. The van der Waals surface area contributed by atoms with Gasteiger partial charge in [-0.05, 0) is 38.1 Å². The molecule has 0 saturated heterocycles. The van der Waals surface area contributed by atoms with Crippen LogP contribution in [0.3, 0.4) is 0 Å². The maximum absolute atomic E-state index is 13.1.